The van der Waals surface area contributed by atoms with Crippen LogP contribution in [-0.4, -0.2) is 25.1 Å². The summed E-state index contributed by atoms with van der Waals surface area (Å²) in [6, 6.07) is 13.5. The first-order chi connectivity index (χ1) is 10.1. The van der Waals surface area contributed by atoms with Crippen molar-refractivity contribution < 1.29 is 19.4 Å². The Morgan fingerprint density at radius 2 is 1.29 bits per heavy atom. The number of hydrogen-bond acceptors (Lipinski definition) is 4. The molecule has 108 valence electrons. The summed E-state index contributed by atoms with van der Waals surface area (Å²) in [4.78, 5) is 12.0. The normalized spacial score (nSPS) is 11.0. The van der Waals surface area contributed by atoms with Crippen molar-refractivity contribution in [3.05, 3.63) is 65.7 Å². The van der Waals surface area contributed by atoms with Gasteiger partial charge >= 0.3 is 0 Å². The summed E-state index contributed by atoms with van der Waals surface area (Å²) in [6.45, 7) is 0. The number of ether oxygens (including phenoxy) is 2. The number of carbonyl (C=O) groups is 1. The predicted octanol–water partition coefficient (Wildman–Crippen LogP) is 3.49. The molecule has 2 aromatic rings. The highest BCUT2D eigenvalue weighted by atomic mass is 16.5. The lowest BCUT2D eigenvalue weighted by molar-refractivity contribution is 0.104. The van der Waals surface area contributed by atoms with E-state index >= 15 is 0 Å². The average molecular weight is 284 g/mol. The van der Waals surface area contributed by atoms with Crippen LogP contribution in [0.4, 0.5) is 0 Å². The van der Waals surface area contributed by atoms with Crippen LogP contribution in [0, 0.1) is 0 Å². The van der Waals surface area contributed by atoms with Crippen molar-refractivity contribution in [3.63, 3.8) is 0 Å². The van der Waals surface area contributed by atoms with E-state index in [4.69, 9.17) is 9.47 Å². The van der Waals surface area contributed by atoms with E-state index in [2.05, 4.69) is 0 Å². The molecular weight excluding hydrogens is 268 g/mol. The Bertz CT molecular complexity index is 639. The van der Waals surface area contributed by atoms with Crippen LogP contribution in [0.15, 0.2) is 54.6 Å². The monoisotopic (exact) mass is 284 g/mol. The largest absolute Gasteiger partial charge is 0.507 e. The van der Waals surface area contributed by atoms with Gasteiger partial charge in [-0.3, -0.25) is 4.79 Å². The summed E-state index contributed by atoms with van der Waals surface area (Å²) < 4.78 is 10.1. The van der Waals surface area contributed by atoms with E-state index in [1.165, 1.54) is 6.08 Å². The molecule has 2 aromatic carbocycles. The van der Waals surface area contributed by atoms with E-state index < -0.39 is 0 Å². The van der Waals surface area contributed by atoms with Crippen LogP contribution >= 0.6 is 0 Å². The Morgan fingerprint density at radius 3 is 1.71 bits per heavy atom. The number of allylic oxidation sites excluding steroid dienone is 1. The van der Waals surface area contributed by atoms with Crippen molar-refractivity contribution >= 4 is 11.5 Å². The zero-order chi connectivity index (χ0) is 15.2. The van der Waals surface area contributed by atoms with Gasteiger partial charge in [0.25, 0.3) is 0 Å². The number of rotatable bonds is 5. The molecule has 0 amide bonds. The molecule has 0 unspecified atom stereocenters. The number of hydrogen-bond donors (Lipinski definition) is 1. The molecule has 0 spiro atoms. The smallest absolute Gasteiger partial charge is 0.189 e. The topological polar surface area (TPSA) is 55.8 Å². The predicted molar refractivity (Wildman–Crippen MR) is 80.9 cm³/mol. The molecule has 21 heavy (non-hydrogen) atoms. The fourth-order valence-corrected chi connectivity index (χ4v) is 1.81. The van der Waals surface area contributed by atoms with E-state index in [0.717, 1.165) is 0 Å². The maximum Gasteiger partial charge on any atom is 0.189 e. The quantitative estimate of drug-likeness (QED) is 0.519. The molecule has 0 bridgehead atoms. The molecule has 4 heteroatoms. The Morgan fingerprint density at radius 1 is 0.857 bits per heavy atom. The second-order valence-electron chi connectivity index (χ2n) is 4.35. The maximum atomic E-state index is 12.0. The lowest BCUT2D eigenvalue weighted by Gasteiger charge is -2.03. The minimum atomic E-state index is -0.272. The Kier molecular flexibility index (Phi) is 4.61. The van der Waals surface area contributed by atoms with Gasteiger partial charge in [-0.25, -0.2) is 0 Å². The first-order valence-electron chi connectivity index (χ1n) is 6.37. The number of aliphatic hydroxyl groups excluding tert-OH is 1. The van der Waals surface area contributed by atoms with Crippen LogP contribution in [0.5, 0.6) is 11.5 Å². The van der Waals surface area contributed by atoms with Crippen LogP contribution in [0.1, 0.15) is 15.9 Å². The lowest BCUT2D eigenvalue weighted by atomic mass is 10.1. The SMILES string of the molecule is COc1ccc(C(=O)/C=C(\O)c2ccc(OC)cc2)cc1. The molecule has 0 saturated heterocycles. The zero-order valence-corrected chi connectivity index (χ0v) is 11.9. The highest BCUT2D eigenvalue weighted by Gasteiger charge is 2.06. The molecule has 2 rings (SSSR count). The third kappa shape index (κ3) is 3.63. The molecule has 0 fully saturated rings. The van der Waals surface area contributed by atoms with Gasteiger partial charge in [0.2, 0.25) is 0 Å². The molecule has 0 aliphatic rings. The third-order valence-corrected chi connectivity index (χ3v) is 3.03. The fourth-order valence-electron chi connectivity index (χ4n) is 1.81. The van der Waals surface area contributed by atoms with Gasteiger partial charge in [0.15, 0.2) is 5.78 Å². The summed E-state index contributed by atoms with van der Waals surface area (Å²) >= 11 is 0. The molecule has 0 radical (unpaired) electrons. The Hall–Kier alpha value is -2.75. The number of carbonyl (C=O) groups excluding carboxylic acids is 1. The summed E-state index contributed by atoms with van der Waals surface area (Å²) in [5.41, 5.74) is 1.04. The number of methoxy groups -OCH3 is 2. The summed E-state index contributed by atoms with van der Waals surface area (Å²) in [5, 5.41) is 9.99. The van der Waals surface area contributed by atoms with E-state index in [-0.39, 0.29) is 11.5 Å². The van der Waals surface area contributed by atoms with Gasteiger partial charge in [-0.15, -0.1) is 0 Å². The molecule has 0 aliphatic heterocycles. The van der Waals surface area contributed by atoms with Crippen molar-refractivity contribution in [2.24, 2.45) is 0 Å². The van der Waals surface area contributed by atoms with Crippen molar-refractivity contribution in [1.82, 2.24) is 0 Å². The molecule has 1 N–H and O–H groups in total. The highest BCUT2D eigenvalue weighted by Crippen LogP contribution is 2.18. The van der Waals surface area contributed by atoms with Crippen molar-refractivity contribution in [3.8, 4) is 11.5 Å². The van der Waals surface area contributed by atoms with Gasteiger partial charge in [0.1, 0.15) is 17.3 Å². The first-order valence-corrected chi connectivity index (χ1v) is 6.37. The summed E-state index contributed by atoms with van der Waals surface area (Å²) in [5.74, 6) is 1.01. The number of ketones is 1. The van der Waals surface area contributed by atoms with Gasteiger partial charge in [-0.2, -0.15) is 0 Å². The molecule has 0 aliphatic carbocycles. The van der Waals surface area contributed by atoms with Gasteiger partial charge in [0, 0.05) is 17.2 Å². The maximum absolute atomic E-state index is 12.0. The van der Waals surface area contributed by atoms with Gasteiger partial charge in [-0.1, -0.05) is 0 Å². The van der Waals surface area contributed by atoms with Crippen LogP contribution in [0.25, 0.3) is 5.76 Å². The van der Waals surface area contributed by atoms with Crippen LogP contribution in [-0.2, 0) is 0 Å². The minimum Gasteiger partial charge on any atom is -0.507 e. The molecular formula is C17H16O4. The standard InChI is InChI=1S/C17H16O4/c1-20-14-7-3-12(4-8-14)16(18)11-17(19)13-5-9-15(21-2)10-6-13/h3-11,18H,1-2H3/b16-11-. The van der Waals surface area contributed by atoms with Gasteiger partial charge < -0.3 is 14.6 Å². The molecule has 0 heterocycles. The number of benzene rings is 2. The van der Waals surface area contributed by atoms with Crippen molar-refractivity contribution in [2.45, 2.75) is 0 Å². The summed E-state index contributed by atoms with van der Waals surface area (Å²) in [6.07, 6.45) is 1.20. The van der Waals surface area contributed by atoms with Gasteiger partial charge in [0.05, 0.1) is 14.2 Å². The zero-order valence-electron chi connectivity index (χ0n) is 11.9. The minimum absolute atomic E-state index is 0.0847. The van der Waals surface area contributed by atoms with E-state index in [9.17, 15) is 9.90 Å². The molecule has 0 saturated carbocycles. The molecule has 4 nitrogen and oxygen atoms in total. The van der Waals surface area contributed by atoms with Crippen LogP contribution in [0.2, 0.25) is 0 Å². The van der Waals surface area contributed by atoms with E-state index in [0.29, 0.717) is 22.6 Å². The summed E-state index contributed by atoms with van der Waals surface area (Å²) in [7, 11) is 3.13. The Labute approximate surface area is 123 Å². The molecule has 0 aromatic heterocycles. The van der Waals surface area contributed by atoms with Crippen molar-refractivity contribution in [2.75, 3.05) is 14.2 Å². The second kappa shape index (κ2) is 6.61. The fraction of sp³-hybridized carbons (Fsp3) is 0.118. The first kappa shape index (κ1) is 14.7. The van der Waals surface area contributed by atoms with Gasteiger partial charge in [-0.05, 0) is 48.5 Å². The van der Waals surface area contributed by atoms with Crippen LogP contribution < -0.4 is 9.47 Å². The molecule has 0 atom stereocenters. The van der Waals surface area contributed by atoms with E-state index in [1.54, 1.807) is 62.8 Å². The van der Waals surface area contributed by atoms with Crippen molar-refractivity contribution in [1.29, 1.82) is 0 Å². The second-order valence-corrected chi connectivity index (χ2v) is 4.35. The highest BCUT2D eigenvalue weighted by molar-refractivity contribution is 6.07. The third-order valence-electron chi connectivity index (χ3n) is 3.03. The number of aliphatic hydroxyl groups is 1. The Balaban J connectivity index is 2.17. The van der Waals surface area contributed by atoms with Crippen LogP contribution in [0.3, 0.4) is 0 Å². The lowest BCUT2D eigenvalue weighted by Crippen LogP contribution is -1.97. The average Bonchev–Trinajstić information content (AvgIpc) is 2.55. The van der Waals surface area contributed by atoms with E-state index in [1.807, 2.05) is 0 Å².